The van der Waals surface area contributed by atoms with Crippen LogP contribution in [0.25, 0.3) is 0 Å². The zero-order valence-electron chi connectivity index (χ0n) is 14.1. The third kappa shape index (κ3) is 3.22. The van der Waals surface area contributed by atoms with Gasteiger partial charge in [0.1, 0.15) is 0 Å². The molecule has 3 nitrogen and oxygen atoms in total. The van der Waals surface area contributed by atoms with Crippen LogP contribution >= 0.6 is 0 Å². The Morgan fingerprint density at radius 2 is 1.41 bits per heavy atom. The van der Waals surface area contributed by atoms with Gasteiger partial charge in [-0.1, -0.05) is 38.5 Å². The lowest BCUT2D eigenvalue weighted by Gasteiger charge is -2.51. The fourth-order valence-electron chi connectivity index (χ4n) is 5.59. The minimum atomic E-state index is 0.525. The lowest BCUT2D eigenvalue weighted by Crippen LogP contribution is -2.64. The molecule has 1 heterocycles. The van der Waals surface area contributed by atoms with E-state index in [1.807, 2.05) is 0 Å². The van der Waals surface area contributed by atoms with Crippen LogP contribution < -0.4 is 5.32 Å². The number of ether oxygens (including phenoxy) is 1. The molecule has 4 atom stereocenters. The highest BCUT2D eigenvalue weighted by molar-refractivity contribution is 4.97. The van der Waals surface area contributed by atoms with Crippen molar-refractivity contribution in [2.24, 2.45) is 0 Å². The highest BCUT2D eigenvalue weighted by Gasteiger charge is 2.41. The number of hydrogen-bond acceptors (Lipinski definition) is 3. The molecule has 0 aromatic heterocycles. The first-order valence-corrected chi connectivity index (χ1v) is 10.1. The highest BCUT2D eigenvalue weighted by Crippen LogP contribution is 2.35. The quantitative estimate of drug-likeness (QED) is 0.864. The summed E-state index contributed by atoms with van der Waals surface area (Å²) < 4.78 is 6.64. The second-order valence-corrected chi connectivity index (χ2v) is 8.08. The van der Waals surface area contributed by atoms with E-state index in [2.05, 4.69) is 10.2 Å². The fraction of sp³-hybridized carbons (Fsp3) is 1.00. The van der Waals surface area contributed by atoms with E-state index in [0.717, 1.165) is 12.1 Å². The summed E-state index contributed by atoms with van der Waals surface area (Å²) in [5.41, 5.74) is 0. The second-order valence-electron chi connectivity index (χ2n) is 8.08. The van der Waals surface area contributed by atoms with Crippen LogP contribution in [-0.2, 0) is 4.74 Å². The van der Waals surface area contributed by atoms with Gasteiger partial charge in [0, 0.05) is 31.2 Å². The molecule has 1 aliphatic heterocycles. The Hall–Kier alpha value is -0.120. The van der Waals surface area contributed by atoms with Crippen LogP contribution in [0.2, 0.25) is 0 Å². The summed E-state index contributed by atoms with van der Waals surface area (Å²) in [5, 5.41) is 3.80. The Balaban J connectivity index is 1.45. The zero-order valence-corrected chi connectivity index (χ0v) is 14.1. The van der Waals surface area contributed by atoms with Crippen LogP contribution in [0.1, 0.15) is 77.0 Å². The Morgan fingerprint density at radius 3 is 2.27 bits per heavy atom. The first-order valence-electron chi connectivity index (χ1n) is 10.1. The standard InChI is InChI=1S/C19H34N2O/c1-2-8-15(7-1)22-19-12-6-5-11-18(19)21-14-13-20-16-9-3-4-10-17(16)21/h15-20H,1-14H2/t16-,17+,18-,19+/m0/s1. The van der Waals surface area contributed by atoms with Crippen molar-refractivity contribution < 1.29 is 4.74 Å². The van der Waals surface area contributed by atoms with Crippen molar-refractivity contribution in [1.82, 2.24) is 10.2 Å². The molecule has 4 rings (SSSR count). The predicted octanol–water partition coefficient (Wildman–Crippen LogP) is 3.47. The number of nitrogens with one attached hydrogen (secondary N) is 1. The van der Waals surface area contributed by atoms with Crippen LogP contribution in [0.5, 0.6) is 0 Å². The molecular weight excluding hydrogens is 272 g/mol. The first kappa shape index (κ1) is 15.4. The summed E-state index contributed by atoms with van der Waals surface area (Å²) in [5.74, 6) is 0. The summed E-state index contributed by atoms with van der Waals surface area (Å²) in [6.45, 7) is 2.43. The van der Waals surface area contributed by atoms with Gasteiger partial charge in [-0.2, -0.15) is 0 Å². The molecule has 22 heavy (non-hydrogen) atoms. The monoisotopic (exact) mass is 306 g/mol. The average Bonchev–Trinajstić information content (AvgIpc) is 3.08. The van der Waals surface area contributed by atoms with E-state index in [-0.39, 0.29) is 0 Å². The van der Waals surface area contributed by atoms with Crippen LogP contribution in [0, 0.1) is 0 Å². The second kappa shape index (κ2) is 7.19. The van der Waals surface area contributed by atoms with E-state index < -0.39 is 0 Å². The fourth-order valence-corrected chi connectivity index (χ4v) is 5.59. The van der Waals surface area contributed by atoms with Gasteiger partial charge < -0.3 is 10.1 Å². The van der Waals surface area contributed by atoms with Crippen molar-refractivity contribution in [3.05, 3.63) is 0 Å². The van der Waals surface area contributed by atoms with Gasteiger partial charge in [0.15, 0.2) is 0 Å². The molecule has 4 aliphatic rings. The van der Waals surface area contributed by atoms with Crippen LogP contribution in [-0.4, -0.2) is 48.3 Å². The van der Waals surface area contributed by atoms with Gasteiger partial charge in [0.25, 0.3) is 0 Å². The topological polar surface area (TPSA) is 24.5 Å². The maximum Gasteiger partial charge on any atom is 0.0734 e. The van der Waals surface area contributed by atoms with Crippen molar-refractivity contribution in [2.75, 3.05) is 13.1 Å². The average molecular weight is 306 g/mol. The molecular formula is C19H34N2O. The van der Waals surface area contributed by atoms with Gasteiger partial charge in [-0.25, -0.2) is 0 Å². The van der Waals surface area contributed by atoms with Gasteiger partial charge in [-0.3, -0.25) is 4.90 Å². The summed E-state index contributed by atoms with van der Waals surface area (Å²) in [4.78, 5) is 2.89. The van der Waals surface area contributed by atoms with Gasteiger partial charge >= 0.3 is 0 Å². The molecule has 0 aromatic carbocycles. The first-order chi connectivity index (χ1) is 10.9. The molecule has 1 saturated heterocycles. The van der Waals surface area contributed by atoms with E-state index in [9.17, 15) is 0 Å². The predicted molar refractivity (Wildman–Crippen MR) is 90.1 cm³/mol. The normalized spacial score (nSPS) is 41.5. The Morgan fingerprint density at radius 1 is 0.727 bits per heavy atom. The third-order valence-corrected chi connectivity index (χ3v) is 6.70. The Labute approximate surface area is 136 Å². The number of nitrogens with zero attached hydrogens (tertiary/aromatic N) is 1. The summed E-state index contributed by atoms with van der Waals surface area (Å²) in [6, 6.07) is 2.26. The Bertz CT molecular complexity index is 353. The van der Waals surface area contributed by atoms with E-state index in [4.69, 9.17) is 4.74 Å². The maximum absolute atomic E-state index is 6.64. The number of hydrogen-bond donors (Lipinski definition) is 1. The van der Waals surface area contributed by atoms with E-state index >= 15 is 0 Å². The maximum atomic E-state index is 6.64. The van der Waals surface area contributed by atoms with Crippen LogP contribution in [0.15, 0.2) is 0 Å². The van der Waals surface area contributed by atoms with E-state index in [1.54, 1.807) is 0 Å². The molecule has 4 fully saturated rings. The van der Waals surface area contributed by atoms with Gasteiger partial charge in [-0.05, 0) is 38.5 Å². The van der Waals surface area contributed by atoms with Crippen molar-refractivity contribution in [2.45, 2.75) is 107 Å². The highest BCUT2D eigenvalue weighted by atomic mass is 16.5. The largest absolute Gasteiger partial charge is 0.373 e. The molecule has 0 unspecified atom stereocenters. The SMILES string of the molecule is C1CCC(O[C@@H]2CCCC[C@@H]2N2CCN[C@H]3CCCC[C@H]32)C1. The molecule has 0 radical (unpaired) electrons. The number of piperazine rings is 1. The van der Waals surface area contributed by atoms with Crippen LogP contribution in [0.3, 0.4) is 0 Å². The summed E-state index contributed by atoms with van der Waals surface area (Å²) >= 11 is 0. The summed E-state index contributed by atoms with van der Waals surface area (Å²) in [6.07, 6.45) is 17.6. The van der Waals surface area contributed by atoms with Crippen molar-refractivity contribution >= 4 is 0 Å². The minimum absolute atomic E-state index is 0.525. The third-order valence-electron chi connectivity index (χ3n) is 6.70. The van der Waals surface area contributed by atoms with Crippen molar-refractivity contribution in [1.29, 1.82) is 0 Å². The van der Waals surface area contributed by atoms with Gasteiger partial charge in [0.05, 0.1) is 12.2 Å². The lowest BCUT2D eigenvalue weighted by molar-refractivity contribution is -0.0931. The van der Waals surface area contributed by atoms with E-state index in [1.165, 1.54) is 90.1 Å². The van der Waals surface area contributed by atoms with Crippen LogP contribution in [0.4, 0.5) is 0 Å². The van der Waals surface area contributed by atoms with Crippen molar-refractivity contribution in [3.8, 4) is 0 Å². The van der Waals surface area contributed by atoms with E-state index in [0.29, 0.717) is 18.2 Å². The summed E-state index contributed by atoms with van der Waals surface area (Å²) in [7, 11) is 0. The number of fused-ring (bicyclic) bond motifs is 1. The van der Waals surface area contributed by atoms with Gasteiger partial charge in [0.2, 0.25) is 0 Å². The molecule has 1 N–H and O–H groups in total. The Kier molecular flexibility index (Phi) is 5.04. The number of rotatable bonds is 3. The molecule has 0 bridgehead atoms. The minimum Gasteiger partial charge on any atom is -0.373 e. The zero-order chi connectivity index (χ0) is 14.8. The van der Waals surface area contributed by atoms with Gasteiger partial charge in [-0.15, -0.1) is 0 Å². The lowest BCUT2D eigenvalue weighted by atomic mass is 9.83. The molecule has 0 amide bonds. The molecule has 0 aromatic rings. The molecule has 3 aliphatic carbocycles. The molecule has 3 saturated carbocycles. The van der Waals surface area contributed by atoms with Crippen molar-refractivity contribution in [3.63, 3.8) is 0 Å². The smallest absolute Gasteiger partial charge is 0.0734 e. The molecule has 0 spiro atoms. The molecule has 3 heteroatoms. The molecule has 126 valence electrons.